The molecule has 0 aliphatic rings. The Morgan fingerprint density at radius 1 is 0.594 bits per heavy atom. The van der Waals surface area contributed by atoms with E-state index >= 15 is 0 Å². The SMILES string of the molecule is CCCCCCCCCCCCCCCCCCc1cccc(S(=O)(=O)O)c1S(=O)(=O)O. The Labute approximate surface area is 195 Å². The third-order valence-corrected chi connectivity index (χ3v) is 7.92. The summed E-state index contributed by atoms with van der Waals surface area (Å²) in [4.78, 5) is -1.47. The topological polar surface area (TPSA) is 109 Å². The summed E-state index contributed by atoms with van der Waals surface area (Å²) in [7, 11) is -9.50. The number of hydrogen-bond donors (Lipinski definition) is 2. The van der Waals surface area contributed by atoms with Crippen molar-refractivity contribution in [2.45, 2.75) is 126 Å². The maximum Gasteiger partial charge on any atom is 0.296 e. The molecule has 0 saturated carbocycles. The van der Waals surface area contributed by atoms with E-state index < -0.39 is 30.0 Å². The Bertz CT molecular complexity index is 847. The molecule has 2 N–H and O–H groups in total. The van der Waals surface area contributed by atoms with Crippen molar-refractivity contribution in [2.24, 2.45) is 0 Å². The van der Waals surface area contributed by atoms with Gasteiger partial charge in [-0.25, -0.2) is 0 Å². The molecule has 186 valence electrons. The van der Waals surface area contributed by atoms with Gasteiger partial charge in [0.25, 0.3) is 20.2 Å². The number of rotatable bonds is 19. The Hall–Kier alpha value is -0.960. The van der Waals surface area contributed by atoms with E-state index in [1.54, 1.807) is 0 Å². The maximum absolute atomic E-state index is 11.7. The van der Waals surface area contributed by atoms with Crippen LogP contribution in [-0.4, -0.2) is 25.9 Å². The zero-order valence-electron chi connectivity index (χ0n) is 19.6. The lowest BCUT2D eigenvalue weighted by Crippen LogP contribution is -2.11. The molecule has 0 atom stereocenters. The first-order chi connectivity index (χ1) is 15.2. The van der Waals surface area contributed by atoms with Gasteiger partial charge in [-0.05, 0) is 24.5 Å². The lowest BCUT2D eigenvalue weighted by atomic mass is 10.0. The summed E-state index contributed by atoms with van der Waals surface area (Å²) in [6, 6.07) is 3.83. The van der Waals surface area contributed by atoms with Crippen molar-refractivity contribution in [3.63, 3.8) is 0 Å². The van der Waals surface area contributed by atoms with Gasteiger partial charge in [-0.2, -0.15) is 16.8 Å². The molecule has 0 saturated heterocycles. The van der Waals surface area contributed by atoms with E-state index in [1.165, 1.54) is 89.2 Å². The molecule has 32 heavy (non-hydrogen) atoms. The fourth-order valence-corrected chi connectivity index (χ4v) is 6.19. The quantitative estimate of drug-likeness (QED) is 0.160. The van der Waals surface area contributed by atoms with E-state index in [0.29, 0.717) is 12.8 Å². The van der Waals surface area contributed by atoms with E-state index in [-0.39, 0.29) is 5.56 Å². The molecule has 0 unspecified atom stereocenters. The van der Waals surface area contributed by atoms with Crippen LogP contribution < -0.4 is 0 Å². The highest BCUT2D eigenvalue weighted by atomic mass is 32.2. The molecule has 8 heteroatoms. The van der Waals surface area contributed by atoms with Crippen molar-refractivity contribution in [1.29, 1.82) is 0 Å². The normalized spacial score (nSPS) is 12.3. The van der Waals surface area contributed by atoms with Crippen LogP contribution in [-0.2, 0) is 26.7 Å². The molecule has 0 bridgehead atoms. The van der Waals surface area contributed by atoms with Gasteiger partial charge in [0.05, 0.1) is 0 Å². The van der Waals surface area contributed by atoms with E-state index in [2.05, 4.69) is 6.92 Å². The average Bonchev–Trinajstić information content (AvgIpc) is 2.72. The van der Waals surface area contributed by atoms with Crippen LogP contribution in [0.25, 0.3) is 0 Å². The maximum atomic E-state index is 11.7. The van der Waals surface area contributed by atoms with Crippen LogP contribution in [0.1, 0.15) is 115 Å². The highest BCUT2D eigenvalue weighted by Gasteiger charge is 2.26. The number of unbranched alkanes of at least 4 members (excludes halogenated alkanes) is 15. The van der Waals surface area contributed by atoms with Crippen molar-refractivity contribution in [1.82, 2.24) is 0 Å². The molecule has 0 aliphatic heterocycles. The van der Waals surface area contributed by atoms with Crippen molar-refractivity contribution >= 4 is 20.2 Å². The molecule has 1 rings (SSSR count). The molecule has 0 heterocycles. The fourth-order valence-electron chi connectivity index (χ4n) is 4.12. The highest BCUT2D eigenvalue weighted by molar-refractivity contribution is 7.89. The molecule has 1 aromatic carbocycles. The summed E-state index contributed by atoms with van der Waals surface area (Å²) >= 11 is 0. The molecule has 0 radical (unpaired) electrons. The molecule has 0 aliphatic carbocycles. The third kappa shape index (κ3) is 12.3. The smallest absolute Gasteiger partial charge is 0.282 e. The molecule has 0 fully saturated rings. The largest absolute Gasteiger partial charge is 0.296 e. The Kier molecular flexibility index (Phi) is 14.4. The lowest BCUT2D eigenvalue weighted by molar-refractivity contribution is 0.464. The van der Waals surface area contributed by atoms with Crippen molar-refractivity contribution in [3.05, 3.63) is 23.8 Å². The van der Waals surface area contributed by atoms with Crippen molar-refractivity contribution in [3.8, 4) is 0 Å². The standard InChI is InChI=1S/C24H42O6S2/c1-2-3-4-5-6-7-8-9-10-11-12-13-14-15-16-17-19-22-20-18-21-23(31(25,26)27)24(22)32(28,29)30/h18,20-21H,2-17,19H2,1H3,(H,25,26,27)(H,28,29,30). The van der Waals surface area contributed by atoms with E-state index in [1.807, 2.05) is 0 Å². The summed E-state index contributed by atoms with van der Waals surface area (Å²) < 4.78 is 65.0. The molecule has 0 spiro atoms. The van der Waals surface area contributed by atoms with Gasteiger partial charge in [-0.1, -0.05) is 115 Å². The van der Waals surface area contributed by atoms with Crippen LogP contribution >= 0.6 is 0 Å². The zero-order valence-corrected chi connectivity index (χ0v) is 21.2. The highest BCUT2D eigenvalue weighted by Crippen LogP contribution is 2.26. The zero-order chi connectivity index (χ0) is 23.9. The van der Waals surface area contributed by atoms with Gasteiger partial charge in [-0.3, -0.25) is 9.11 Å². The molecule has 1 aromatic rings. The summed E-state index contributed by atoms with van der Waals surface area (Å²) in [6.07, 6.45) is 20.0. The minimum atomic E-state index is -4.76. The second-order valence-electron chi connectivity index (χ2n) is 8.75. The van der Waals surface area contributed by atoms with Crippen LogP contribution in [0.5, 0.6) is 0 Å². The monoisotopic (exact) mass is 490 g/mol. The minimum absolute atomic E-state index is 0.216. The lowest BCUT2D eigenvalue weighted by Gasteiger charge is -2.10. The van der Waals surface area contributed by atoms with Gasteiger partial charge in [0, 0.05) is 0 Å². The number of hydrogen-bond acceptors (Lipinski definition) is 4. The predicted molar refractivity (Wildman–Crippen MR) is 129 cm³/mol. The predicted octanol–water partition coefficient (Wildman–Crippen LogP) is 6.98. The van der Waals surface area contributed by atoms with Crippen LogP contribution in [0.2, 0.25) is 0 Å². The second kappa shape index (κ2) is 15.8. The molecule has 6 nitrogen and oxygen atoms in total. The van der Waals surface area contributed by atoms with Crippen LogP contribution in [0.4, 0.5) is 0 Å². The van der Waals surface area contributed by atoms with E-state index in [4.69, 9.17) is 0 Å². The van der Waals surface area contributed by atoms with Crippen molar-refractivity contribution < 1.29 is 25.9 Å². The first kappa shape index (κ1) is 29.1. The van der Waals surface area contributed by atoms with Crippen molar-refractivity contribution in [2.75, 3.05) is 0 Å². The Morgan fingerprint density at radius 2 is 1.00 bits per heavy atom. The fraction of sp³-hybridized carbons (Fsp3) is 0.750. The summed E-state index contributed by atoms with van der Waals surface area (Å²) in [5.41, 5.74) is 0.216. The van der Waals surface area contributed by atoms with E-state index in [9.17, 15) is 25.9 Å². The average molecular weight is 491 g/mol. The summed E-state index contributed by atoms with van der Waals surface area (Å²) in [5.74, 6) is 0. The molecule has 0 amide bonds. The minimum Gasteiger partial charge on any atom is -0.282 e. The number of benzene rings is 1. The molecular formula is C24H42O6S2. The van der Waals surface area contributed by atoms with Gasteiger partial charge in [0.2, 0.25) is 0 Å². The van der Waals surface area contributed by atoms with Crippen LogP contribution in [0, 0.1) is 0 Å². The van der Waals surface area contributed by atoms with Crippen LogP contribution in [0.15, 0.2) is 28.0 Å². The Balaban J connectivity index is 2.17. The van der Waals surface area contributed by atoms with Crippen LogP contribution in [0.3, 0.4) is 0 Å². The third-order valence-electron chi connectivity index (χ3n) is 5.90. The van der Waals surface area contributed by atoms with Gasteiger partial charge in [0.1, 0.15) is 9.79 Å². The summed E-state index contributed by atoms with van der Waals surface area (Å²) in [5, 5.41) is 0. The number of aryl methyl sites for hydroxylation is 1. The molecular weight excluding hydrogens is 448 g/mol. The van der Waals surface area contributed by atoms with Gasteiger partial charge in [-0.15, -0.1) is 0 Å². The van der Waals surface area contributed by atoms with Gasteiger partial charge >= 0.3 is 0 Å². The van der Waals surface area contributed by atoms with E-state index in [0.717, 1.165) is 25.3 Å². The first-order valence-electron chi connectivity index (χ1n) is 12.2. The van der Waals surface area contributed by atoms with Gasteiger partial charge in [0.15, 0.2) is 0 Å². The summed E-state index contributed by atoms with van der Waals surface area (Å²) in [6.45, 7) is 2.25. The first-order valence-corrected chi connectivity index (χ1v) is 15.1. The second-order valence-corrected chi connectivity index (χ2v) is 11.5. The molecule has 0 aromatic heterocycles. The van der Waals surface area contributed by atoms with Gasteiger partial charge < -0.3 is 0 Å². The Morgan fingerprint density at radius 3 is 1.38 bits per heavy atom.